The molecule has 206 valence electrons. The molecule has 3 rings (SSSR count). The van der Waals surface area contributed by atoms with E-state index in [-0.39, 0.29) is 12.8 Å². The number of hydrogen-bond donors (Lipinski definition) is 7. The van der Waals surface area contributed by atoms with E-state index in [1.54, 1.807) is 6.20 Å². The van der Waals surface area contributed by atoms with Crippen LogP contribution < -0.4 is 27.4 Å². The number of rotatable bonds is 13. The van der Waals surface area contributed by atoms with Gasteiger partial charge in [-0.2, -0.15) is 0 Å². The molecule has 1 heterocycles. The Balaban J connectivity index is 1.82. The second-order valence-corrected chi connectivity index (χ2v) is 9.22. The smallest absolute Gasteiger partial charge is 0.325 e. The van der Waals surface area contributed by atoms with Crippen molar-refractivity contribution < 1.29 is 29.1 Å². The summed E-state index contributed by atoms with van der Waals surface area (Å²) in [5.74, 6) is -4.46. The molecule has 0 spiro atoms. The number of aromatic amines is 1. The van der Waals surface area contributed by atoms with Gasteiger partial charge < -0.3 is 37.5 Å². The zero-order valence-corrected chi connectivity index (χ0v) is 21.3. The standard InChI is InChI=1S/C27H32N6O6/c1-15(27(38)39)31-25(36)22(13-23(29)34)33-26(37)21(12-17-14-30-20-10-6-5-9-18(17)20)32-24(35)19(28)11-16-7-3-2-4-8-16/h2-10,14-15,19,21-22,30H,11-13,28H2,1H3,(H2,29,34)(H,31,36)(H,32,35)(H,33,37)(H,38,39). The van der Waals surface area contributed by atoms with Crippen LogP contribution in [0.4, 0.5) is 0 Å². The number of primary amides is 1. The molecular weight excluding hydrogens is 504 g/mol. The SMILES string of the molecule is CC(NC(=O)C(CC(N)=O)NC(=O)C(Cc1c[nH]c2ccccc12)NC(=O)C(N)Cc1ccccc1)C(=O)O. The Kier molecular flexibility index (Phi) is 9.76. The van der Waals surface area contributed by atoms with Gasteiger partial charge >= 0.3 is 5.97 Å². The lowest BCUT2D eigenvalue weighted by Crippen LogP contribution is -2.58. The van der Waals surface area contributed by atoms with Crippen molar-refractivity contribution in [2.24, 2.45) is 11.5 Å². The Hall–Kier alpha value is -4.71. The van der Waals surface area contributed by atoms with Crippen LogP contribution in [0.3, 0.4) is 0 Å². The second kappa shape index (κ2) is 13.2. The van der Waals surface area contributed by atoms with E-state index in [4.69, 9.17) is 16.6 Å². The highest BCUT2D eigenvalue weighted by molar-refractivity contribution is 5.96. The fourth-order valence-corrected chi connectivity index (χ4v) is 4.03. The summed E-state index contributed by atoms with van der Waals surface area (Å²) >= 11 is 0. The van der Waals surface area contributed by atoms with Gasteiger partial charge in [0.05, 0.1) is 12.5 Å². The van der Waals surface area contributed by atoms with Crippen molar-refractivity contribution in [1.82, 2.24) is 20.9 Å². The van der Waals surface area contributed by atoms with Crippen LogP contribution in [0.25, 0.3) is 10.9 Å². The molecule has 4 atom stereocenters. The Morgan fingerprint density at radius 3 is 2.13 bits per heavy atom. The Morgan fingerprint density at radius 2 is 1.46 bits per heavy atom. The maximum absolute atomic E-state index is 13.4. The van der Waals surface area contributed by atoms with Crippen LogP contribution in [0.5, 0.6) is 0 Å². The van der Waals surface area contributed by atoms with E-state index >= 15 is 0 Å². The average molecular weight is 537 g/mol. The molecule has 0 bridgehead atoms. The van der Waals surface area contributed by atoms with E-state index in [1.807, 2.05) is 54.6 Å². The molecule has 0 fully saturated rings. The predicted octanol–water partition coefficient (Wildman–Crippen LogP) is -0.285. The zero-order chi connectivity index (χ0) is 28.5. The number of aliphatic carboxylic acids is 1. The quantitative estimate of drug-likeness (QED) is 0.155. The third-order valence-corrected chi connectivity index (χ3v) is 6.13. The van der Waals surface area contributed by atoms with Gasteiger partial charge in [-0.3, -0.25) is 24.0 Å². The van der Waals surface area contributed by atoms with Crippen molar-refractivity contribution in [2.75, 3.05) is 0 Å². The summed E-state index contributed by atoms with van der Waals surface area (Å²) in [6.07, 6.45) is 1.40. The average Bonchev–Trinajstić information content (AvgIpc) is 3.30. The van der Waals surface area contributed by atoms with E-state index in [2.05, 4.69) is 20.9 Å². The van der Waals surface area contributed by atoms with E-state index < -0.39 is 60.2 Å². The van der Waals surface area contributed by atoms with Crippen molar-refractivity contribution in [3.8, 4) is 0 Å². The van der Waals surface area contributed by atoms with Crippen LogP contribution in [0.1, 0.15) is 24.5 Å². The summed E-state index contributed by atoms with van der Waals surface area (Å²) in [6.45, 7) is 1.23. The van der Waals surface area contributed by atoms with Crippen LogP contribution in [0.2, 0.25) is 0 Å². The number of carbonyl (C=O) groups excluding carboxylic acids is 4. The predicted molar refractivity (Wildman–Crippen MR) is 143 cm³/mol. The zero-order valence-electron chi connectivity index (χ0n) is 21.3. The molecule has 4 unspecified atom stereocenters. The maximum Gasteiger partial charge on any atom is 0.325 e. The number of nitrogens with one attached hydrogen (secondary N) is 4. The van der Waals surface area contributed by atoms with Crippen LogP contribution in [-0.4, -0.2) is 63.9 Å². The van der Waals surface area contributed by atoms with E-state index in [0.29, 0.717) is 0 Å². The van der Waals surface area contributed by atoms with Gasteiger partial charge in [0.15, 0.2) is 0 Å². The lowest BCUT2D eigenvalue weighted by Gasteiger charge is -2.24. The third kappa shape index (κ3) is 8.14. The molecule has 9 N–H and O–H groups in total. The number of aromatic nitrogens is 1. The van der Waals surface area contributed by atoms with Crippen molar-refractivity contribution in [3.63, 3.8) is 0 Å². The minimum atomic E-state index is -1.46. The van der Waals surface area contributed by atoms with Gasteiger partial charge in [-0.05, 0) is 30.5 Å². The molecule has 0 saturated heterocycles. The Labute approximate surface area is 224 Å². The second-order valence-electron chi connectivity index (χ2n) is 9.22. The first-order valence-corrected chi connectivity index (χ1v) is 12.3. The monoisotopic (exact) mass is 536 g/mol. The lowest BCUT2D eigenvalue weighted by atomic mass is 10.0. The molecule has 4 amide bonds. The molecule has 39 heavy (non-hydrogen) atoms. The van der Waals surface area contributed by atoms with Gasteiger partial charge in [0.1, 0.15) is 18.1 Å². The van der Waals surface area contributed by atoms with Crippen molar-refractivity contribution in [3.05, 3.63) is 71.9 Å². The van der Waals surface area contributed by atoms with Crippen LogP contribution in [0, 0.1) is 0 Å². The number of carboxylic acids is 1. The summed E-state index contributed by atoms with van der Waals surface area (Å²) in [4.78, 5) is 65.0. The Bertz CT molecular complexity index is 1340. The van der Waals surface area contributed by atoms with E-state index in [9.17, 15) is 24.0 Å². The van der Waals surface area contributed by atoms with Crippen molar-refractivity contribution >= 4 is 40.5 Å². The maximum atomic E-state index is 13.4. The molecular formula is C27H32N6O6. The molecule has 12 nitrogen and oxygen atoms in total. The molecule has 12 heteroatoms. The van der Waals surface area contributed by atoms with Gasteiger partial charge in [-0.25, -0.2) is 0 Å². The molecule has 0 aliphatic carbocycles. The highest BCUT2D eigenvalue weighted by atomic mass is 16.4. The summed E-state index contributed by atoms with van der Waals surface area (Å²) in [5.41, 5.74) is 13.8. The fraction of sp³-hybridized carbons (Fsp3) is 0.296. The van der Waals surface area contributed by atoms with E-state index in [1.165, 1.54) is 6.92 Å². The van der Waals surface area contributed by atoms with Gasteiger partial charge in [0.2, 0.25) is 23.6 Å². The number of fused-ring (bicyclic) bond motifs is 1. The van der Waals surface area contributed by atoms with Crippen LogP contribution in [-0.2, 0) is 36.8 Å². The largest absolute Gasteiger partial charge is 0.480 e. The first kappa shape index (κ1) is 28.9. The summed E-state index contributed by atoms with van der Waals surface area (Å²) in [5, 5.41) is 17.2. The molecule has 0 saturated carbocycles. The molecule has 2 aromatic carbocycles. The number of benzene rings is 2. The van der Waals surface area contributed by atoms with Crippen molar-refractivity contribution in [1.29, 1.82) is 0 Å². The summed E-state index contributed by atoms with van der Waals surface area (Å²) in [7, 11) is 0. The first-order valence-electron chi connectivity index (χ1n) is 12.3. The van der Waals surface area contributed by atoms with Gasteiger partial charge in [-0.1, -0.05) is 48.5 Å². The number of amides is 4. The normalized spacial score (nSPS) is 14.0. The highest BCUT2D eigenvalue weighted by Gasteiger charge is 2.31. The number of H-pyrrole nitrogens is 1. The highest BCUT2D eigenvalue weighted by Crippen LogP contribution is 2.19. The summed E-state index contributed by atoms with van der Waals surface area (Å²) in [6, 6.07) is 11.7. The van der Waals surface area contributed by atoms with Crippen LogP contribution >= 0.6 is 0 Å². The van der Waals surface area contributed by atoms with Gasteiger partial charge in [0, 0.05) is 23.5 Å². The molecule has 0 aliphatic rings. The van der Waals surface area contributed by atoms with E-state index in [0.717, 1.165) is 22.0 Å². The minimum absolute atomic E-state index is 0.0378. The molecule has 0 aliphatic heterocycles. The fourth-order valence-electron chi connectivity index (χ4n) is 4.03. The summed E-state index contributed by atoms with van der Waals surface area (Å²) < 4.78 is 0. The Morgan fingerprint density at radius 1 is 0.846 bits per heavy atom. The number of hydrogen-bond acceptors (Lipinski definition) is 6. The molecule has 0 radical (unpaired) electrons. The number of carboxylic acid groups (broad SMARTS) is 1. The topological polar surface area (TPSA) is 209 Å². The minimum Gasteiger partial charge on any atom is -0.480 e. The number of nitrogens with two attached hydrogens (primary N) is 2. The molecule has 3 aromatic rings. The van der Waals surface area contributed by atoms with Gasteiger partial charge in [-0.15, -0.1) is 0 Å². The number of carbonyl (C=O) groups is 5. The number of para-hydroxylation sites is 1. The van der Waals surface area contributed by atoms with Crippen molar-refractivity contribution in [2.45, 2.75) is 50.4 Å². The van der Waals surface area contributed by atoms with Crippen LogP contribution in [0.15, 0.2) is 60.8 Å². The first-order chi connectivity index (χ1) is 18.5. The lowest BCUT2D eigenvalue weighted by molar-refractivity contribution is -0.142. The molecule has 1 aromatic heterocycles. The van der Waals surface area contributed by atoms with Gasteiger partial charge in [0.25, 0.3) is 0 Å². The third-order valence-electron chi connectivity index (χ3n) is 6.13.